The number of nitrogens with zero attached hydrogens (tertiary/aromatic N) is 4. The number of carbonyl (C=O) groups excluding carboxylic acids is 1. The highest BCUT2D eigenvalue weighted by Gasteiger charge is 2.35. The second-order valence-electron chi connectivity index (χ2n) is 9.20. The van der Waals surface area contributed by atoms with Crippen molar-refractivity contribution in [2.24, 2.45) is 16.0 Å². The van der Waals surface area contributed by atoms with Crippen LogP contribution in [-0.4, -0.2) is 31.5 Å². The quantitative estimate of drug-likeness (QED) is 0.520. The van der Waals surface area contributed by atoms with Gasteiger partial charge in [0.25, 0.3) is 5.91 Å². The molecular formula is C26H28FN5OS. The highest BCUT2D eigenvalue weighted by atomic mass is 32.2. The van der Waals surface area contributed by atoms with Crippen molar-refractivity contribution in [1.82, 2.24) is 9.58 Å². The maximum Gasteiger partial charge on any atom is 0.283 e. The second kappa shape index (κ2) is 9.33. The summed E-state index contributed by atoms with van der Waals surface area (Å²) in [6.45, 7) is 3.85. The number of nitrogens with one attached hydrogen (secondary N) is 1. The first-order chi connectivity index (χ1) is 16.4. The van der Waals surface area contributed by atoms with Gasteiger partial charge in [-0.15, -0.1) is 0 Å². The van der Waals surface area contributed by atoms with Crippen LogP contribution in [0, 0.1) is 31.0 Å². The monoisotopic (exact) mass is 477 g/mol. The van der Waals surface area contributed by atoms with Gasteiger partial charge >= 0.3 is 0 Å². The minimum Gasteiger partial charge on any atom is -0.318 e. The Bertz CT molecular complexity index is 1250. The largest absolute Gasteiger partial charge is 0.318 e. The maximum atomic E-state index is 13.8. The van der Waals surface area contributed by atoms with Gasteiger partial charge in [-0.2, -0.15) is 15.1 Å². The molecule has 0 unspecified atom stereocenters. The van der Waals surface area contributed by atoms with Gasteiger partial charge < -0.3 is 4.57 Å². The van der Waals surface area contributed by atoms with E-state index in [4.69, 9.17) is 5.41 Å². The molecule has 1 aliphatic carbocycles. The number of aromatic nitrogens is 1. The fourth-order valence-electron chi connectivity index (χ4n) is 5.04. The van der Waals surface area contributed by atoms with Crippen molar-refractivity contribution in [2.75, 3.05) is 0 Å². The van der Waals surface area contributed by atoms with Gasteiger partial charge in [-0.3, -0.25) is 10.2 Å². The third kappa shape index (κ3) is 4.39. The molecule has 0 spiro atoms. The molecule has 3 aliphatic rings. The van der Waals surface area contributed by atoms with Crippen LogP contribution in [0.4, 0.5) is 4.39 Å². The van der Waals surface area contributed by atoms with Gasteiger partial charge in [0.1, 0.15) is 10.9 Å². The van der Waals surface area contributed by atoms with E-state index in [1.165, 1.54) is 61.0 Å². The number of halogens is 1. The predicted octanol–water partition coefficient (Wildman–Crippen LogP) is 6.21. The molecule has 1 fully saturated rings. The molecule has 2 aliphatic heterocycles. The Hall–Kier alpha value is -3.00. The Morgan fingerprint density at radius 1 is 1.21 bits per heavy atom. The molecule has 0 saturated heterocycles. The second-order valence-corrected chi connectivity index (χ2v) is 10.2. The fraction of sp³-hybridized carbons (Fsp3) is 0.385. The zero-order chi connectivity index (χ0) is 23.8. The lowest BCUT2D eigenvalue weighted by molar-refractivity contribution is -0.114. The number of amides is 1. The molecule has 176 valence electrons. The van der Waals surface area contributed by atoms with Crippen LogP contribution in [0.5, 0.6) is 0 Å². The number of rotatable bonds is 5. The Labute approximate surface area is 203 Å². The summed E-state index contributed by atoms with van der Waals surface area (Å²) in [6, 6.07) is 8.34. The summed E-state index contributed by atoms with van der Waals surface area (Å²) >= 11 is 1.40. The molecule has 2 aromatic rings. The molecule has 5 rings (SSSR count). The summed E-state index contributed by atoms with van der Waals surface area (Å²) in [7, 11) is 0. The predicted molar refractivity (Wildman–Crippen MR) is 136 cm³/mol. The summed E-state index contributed by atoms with van der Waals surface area (Å²) in [6.07, 6.45) is 10.2. The van der Waals surface area contributed by atoms with Crippen LogP contribution in [0.15, 0.2) is 46.0 Å². The van der Waals surface area contributed by atoms with Gasteiger partial charge in [0.05, 0.1) is 5.57 Å². The van der Waals surface area contributed by atoms with Crippen molar-refractivity contribution >= 4 is 39.8 Å². The zero-order valence-corrected chi connectivity index (χ0v) is 20.3. The van der Waals surface area contributed by atoms with Crippen molar-refractivity contribution in [3.8, 4) is 5.69 Å². The summed E-state index contributed by atoms with van der Waals surface area (Å²) < 4.78 is 15.7. The molecule has 8 heteroatoms. The van der Waals surface area contributed by atoms with Crippen LogP contribution in [-0.2, 0) is 4.79 Å². The summed E-state index contributed by atoms with van der Waals surface area (Å²) in [4.78, 5) is 17.1. The Balaban J connectivity index is 1.38. The van der Waals surface area contributed by atoms with E-state index in [2.05, 4.69) is 10.1 Å². The van der Waals surface area contributed by atoms with E-state index in [0.29, 0.717) is 10.9 Å². The minimum absolute atomic E-state index is 0.0470. The molecule has 0 bridgehead atoms. The zero-order valence-electron chi connectivity index (χ0n) is 19.5. The molecule has 3 heterocycles. The lowest BCUT2D eigenvalue weighted by atomic mass is 9.86. The topological polar surface area (TPSA) is 73.8 Å². The summed E-state index contributed by atoms with van der Waals surface area (Å²) in [5.41, 5.74) is 3.49. The van der Waals surface area contributed by atoms with E-state index in [9.17, 15) is 9.18 Å². The molecule has 0 radical (unpaired) electrons. The highest BCUT2D eigenvalue weighted by Crippen LogP contribution is 2.33. The van der Waals surface area contributed by atoms with Gasteiger partial charge in [-0.25, -0.2) is 4.39 Å². The number of amidine groups is 2. The Kier molecular flexibility index (Phi) is 6.25. The third-order valence-electron chi connectivity index (χ3n) is 6.82. The van der Waals surface area contributed by atoms with Crippen LogP contribution in [0.25, 0.3) is 11.8 Å². The van der Waals surface area contributed by atoms with E-state index in [1.54, 1.807) is 12.1 Å². The van der Waals surface area contributed by atoms with Crippen LogP contribution in [0.3, 0.4) is 0 Å². The van der Waals surface area contributed by atoms with Crippen molar-refractivity contribution in [3.05, 3.63) is 58.7 Å². The first kappa shape index (κ1) is 22.8. The molecule has 1 saturated carbocycles. The Morgan fingerprint density at radius 2 is 2.00 bits per heavy atom. The van der Waals surface area contributed by atoms with Gasteiger partial charge in [0.2, 0.25) is 5.17 Å². The first-order valence-electron chi connectivity index (χ1n) is 11.8. The molecule has 1 aromatic carbocycles. The highest BCUT2D eigenvalue weighted by molar-refractivity contribution is 8.26. The van der Waals surface area contributed by atoms with E-state index >= 15 is 0 Å². The van der Waals surface area contributed by atoms with Crippen LogP contribution < -0.4 is 0 Å². The van der Waals surface area contributed by atoms with Crippen molar-refractivity contribution in [2.45, 2.75) is 58.8 Å². The van der Waals surface area contributed by atoms with Gasteiger partial charge in [-0.1, -0.05) is 38.2 Å². The van der Waals surface area contributed by atoms with E-state index in [1.807, 2.05) is 30.5 Å². The summed E-state index contributed by atoms with van der Waals surface area (Å²) in [5.74, 6) is 0.0648. The van der Waals surface area contributed by atoms with Gasteiger partial charge in [0, 0.05) is 17.1 Å². The summed E-state index contributed by atoms with van der Waals surface area (Å²) in [5, 5.41) is 16.2. The maximum absolute atomic E-state index is 13.8. The number of hydrazone groups is 1. The lowest BCUT2D eigenvalue weighted by Gasteiger charge is -2.20. The van der Waals surface area contributed by atoms with Crippen LogP contribution in [0.1, 0.15) is 61.9 Å². The average Bonchev–Trinajstić information content (AvgIpc) is 3.35. The number of carbonyl (C=O) groups is 1. The number of fused-ring (bicyclic) bond motifs is 1. The van der Waals surface area contributed by atoms with Gasteiger partial charge in [-0.05, 0) is 80.3 Å². The Morgan fingerprint density at radius 3 is 2.76 bits per heavy atom. The fourth-order valence-corrected chi connectivity index (χ4v) is 5.94. The molecular weight excluding hydrogens is 449 g/mol. The number of thioether (sulfide) groups is 1. The van der Waals surface area contributed by atoms with E-state index in [0.717, 1.165) is 40.8 Å². The van der Waals surface area contributed by atoms with Crippen molar-refractivity contribution in [1.29, 1.82) is 5.41 Å². The smallest absolute Gasteiger partial charge is 0.283 e. The lowest BCUT2D eigenvalue weighted by Crippen LogP contribution is -2.35. The number of hydrogen-bond acceptors (Lipinski definition) is 4. The van der Waals surface area contributed by atoms with Crippen LogP contribution >= 0.6 is 11.8 Å². The van der Waals surface area contributed by atoms with Gasteiger partial charge in [0.15, 0.2) is 5.84 Å². The SMILES string of the molecule is Cc1cc(/C=C2/C(=N)N3N=C(CCC4CCCCC4)SC3=NC2=O)c(C)n1-c1cccc(F)c1. The average molecular weight is 478 g/mol. The van der Waals surface area contributed by atoms with Crippen molar-refractivity contribution in [3.63, 3.8) is 0 Å². The molecule has 0 atom stereocenters. The standard InChI is InChI=1S/C26H28FN5OS/c1-16-13-19(17(2)31(16)21-10-6-9-20(27)15-21)14-22-24(28)32-26(29-25(22)33)34-23(30-32)12-11-18-7-4-3-5-8-18/h6,9-10,13-15,18,28H,3-5,7-8,11-12H2,1-2H3/b22-14-,28-24?. The minimum atomic E-state index is -0.428. The molecule has 1 N–H and O–H groups in total. The van der Waals surface area contributed by atoms with E-state index in [-0.39, 0.29) is 17.2 Å². The number of benzene rings is 1. The number of aliphatic imine (C=N–C) groups is 1. The first-order valence-corrected chi connectivity index (χ1v) is 12.7. The van der Waals surface area contributed by atoms with Crippen LogP contribution in [0.2, 0.25) is 0 Å². The third-order valence-corrected chi connectivity index (χ3v) is 7.79. The molecule has 1 aromatic heterocycles. The molecule has 1 amide bonds. The number of hydrogen-bond donors (Lipinski definition) is 1. The van der Waals surface area contributed by atoms with E-state index < -0.39 is 5.91 Å². The van der Waals surface area contributed by atoms with Crippen molar-refractivity contribution < 1.29 is 9.18 Å². The molecule has 6 nitrogen and oxygen atoms in total. The molecule has 34 heavy (non-hydrogen) atoms. The normalized spacial score (nSPS) is 20.1. The number of aryl methyl sites for hydroxylation is 1.